The van der Waals surface area contributed by atoms with Crippen molar-refractivity contribution < 1.29 is 22.7 Å². The zero-order valence-corrected chi connectivity index (χ0v) is 17.8. The van der Waals surface area contributed by atoms with Crippen molar-refractivity contribution in [2.24, 2.45) is 4.99 Å². The average Bonchev–Trinajstić information content (AvgIpc) is 3.05. The molecule has 0 aliphatic heterocycles. The Balaban J connectivity index is 2.17. The molecule has 3 rings (SSSR count). The van der Waals surface area contributed by atoms with Gasteiger partial charge < -0.3 is 14.0 Å². The SMILES string of the molecule is C=CCn1c(=NC(=O)c2ccc(S(C)(=O)=O)cc2)sc2c(OC)ccc(OC)c21. The van der Waals surface area contributed by atoms with Crippen LogP contribution in [0.3, 0.4) is 0 Å². The predicted octanol–water partition coefficient (Wildman–Crippen LogP) is 3.05. The van der Waals surface area contributed by atoms with Gasteiger partial charge in [0.15, 0.2) is 14.6 Å². The predicted molar refractivity (Wildman–Crippen MR) is 113 cm³/mol. The van der Waals surface area contributed by atoms with Crippen molar-refractivity contribution in [1.29, 1.82) is 0 Å². The number of nitrogens with zero attached hydrogens (tertiary/aromatic N) is 2. The first-order valence-corrected chi connectivity index (χ1v) is 11.2. The maximum absolute atomic E-state index is 12.7. The summed E-state index contributed by atoms with van der Waals surface area (Å²) in [6.45, 7) is 4.20. The van der Waals surface area contributed by atoms with Crippen molar-refractivity contribution in [3.8, 4) is 11.5 Å². The lowest BCUT2D eigenvalue weighted by Gasteiger charge is -2.08. The highest BCUT2D eigenvalue weighted by Gasteiger charge is 2.16. The van der Waals surface area contributed by atoms with E-state index in [9.17, 15) is 13.2 Å². The number of methoxy groups -OCH3 is 2. The van der Waals surface area contributed by atoms with E-state index in [0.717, 1.165) is 16.5 Å². The average molecular weight is 433 g/mol. The van der Waals surface area contributed by atoms with Crippen molar-refractivity contribution in [3.05, 3.63) is 59.4 Å². The summed E-state index contributed by atoms with van der Waals surface area (Å²) in [7, 11) is -0.188. The number of carbonyl (C=O) groups excluding carboxylic acids is 1. The van der Waals surface area contributed by atoms with Crippen molar-refractivity contribution in [2.75, 3.05) is 20.5 Å². The van der Waals surface area contributed by atoms with E-state index in [1.54, 1.807) is 32.4 Å². The van der Waals surface area contributed by atoms with Crippen LogP contribution in [0.2, 0.25) is 0 Å². The summed E-state index contributed by atoms with van der Waals surface area (Å²) in [4.78, 5) is 17.6. The van der Waals surface area contributed by atoms with Gasteiger partial charge in [0.05, 0.1) is 19.1 Å². The molecule has 0 N–H and O–H groups in total. The maximum Gasteiger partial charge on any atom is 0.279 e. The van der Waals surface area contributed by atoms with Crippen LogP contribution in [0.15, 0.2) is 58.9 Å². The van der Waals surface area contributed by atoms with Crippen molar-refractivity contribution in [2.45, 2.75) is 11.4 Å². The second kappa shape index (κ2) is 8.22. The molecule has 0 bridgehead atoms. The van der Waals surface area contributed by atoms with Crippen LogP contribution in [0, 0.1) is 0 Å². The number of allylic oxidation sites excluding steroid dienone is 1. The first kappa shape index (κ1) is 20.8. The summed E-state index contributed by atoms with van der Waals surface area (Å²) in [6.07, 6.45) is 2.82. The molecule has 0 fully saturated rings. The summed E-state index contributed by atoms with van der Waals surface area (Å²) in [5.41, 5.74) is 1.05. The highest BCUT2D eigenvalue weighted by Crippen LogP contribution is 2.35. The third-order valence-corrected chi connectivity index (χ3v) is 6.45. The smallest absolute Gasteiger partial charge is 0.279 e. The number of ether oxygens (including phenoxy) is 2. The number of amides is 1. The minimum Gasteiger partial charge on any atom is -0.495 e. The molecule has 0 aliphatic rings. The molecule has 1 amide bonds. The number of fused-ring (bicyclic) bond motifs is 1. The molecule has 0 saturated heterocycles. The van der Waals surface area contributed by atoms with E-state index in [4.69, 9.17) is 9.47 Å². The zero-order chi connectivity index (χ0) is 21.2. The number of hydrogen-bond donors (Lipinski definition) is 0. The van der Waals surface area contributed by atoms with Crippen LogP contribution in [-0.2, 0) is 16.4 Å². The van der Waals surface area contributed by atoms with Crippen LogP contribution in [0.1, 0.15) is 10.4 Å². The zero-order valence-electron chi connectivity index (χ0n) is 16.2. The minimum atomic E-state index is -3.33. The molecule has 0 atom stereocenters. The molecule has 0 aliphatic carbocycles. The molecule has 0 radical (unpaired) electrons. The fourth-order valence-corrected chi connectivity index (χ4v) is 4.61. The summed E-state index contributed by atoms with van der Waals surface area (Å²) < 4.78 is 36.7. The lowest BCUT2D eigenvalue weighted by molar-refractivity contribution is 0.0997. The topological polar surface area (TPSA) is 87.0 Å². The Bertz CT molecular complexity index is 1250. The van der Waals surface area contributed by atoms with Crippen molar-refractivity contribution in [3.63, 3.8) is 0 Å². The molecule has 2 aromatic carbocycles. The molecule has 9 heteroatoms. The van der Waals surface area contributed by atoms with Crippen molar-refractivity contribution >= 4 is 37.3 Å². The Hall–Kier alpha value is -2.91. The van der Waals surface area contributed by atoms with Gasteiger partial charge in [0.25, 0.3) is 5.91 Å². The summed E-state index contributed by atoms with van der Waals surface area (Å²) in [5.74, 6) is 0.799. The van der Waals surface area contributed by atoms with Gasteiger partial charge in [-0.05, 0) is 36.4 Å². The molecule has 1 heterocycles. The van der Waals surface area contributed by atoms with Crippen molar-refractivity contribution in [1.82, 2.24) is 4.57 Å². The van der Waals surface area contributed by atoms with E-state index in [2.05, 4.69) is 11.6 Å². The van der Waals surface area contributed by atoms with Gasteiger partial charge in [-0.25, -0.2) is 8.42 Å². The molecule has 0 spiro atoms. The van der Waals surface area contributed by atoms with Crippen LogP contribution >= 0.6 is 11.3 Å². The number of benzene rings is 2. The van der Waals surface area contributed by atoms with Gasteiger partial charge in [-0.2, -0.15) is 4.99 Å². The monoisotopic (exact) mass is 432 g/mol. The molecule has 0 unspecified atom stereocenters. The highest BCUT2D eigenvalue weighted by molar-refractivity contribution is 7.90. The quantitative estimate of drug-likeness (QED) is 0.559. The van der Waals surface area contributed by atoms with Gasteiger partial charge in [0, 0.05) is 18.4 Å². The van der Waals surface area contributed by atoms with Gasteiger partial charge in [0.1, 0.15) is 21.7 Å². The third-order valence-electron chi connectivity index (χ3n) is 4.23. The molecule has 7 nitrogen and oxygen atoms in total. The number of thiazole rings is 1. The molecule has 29 heavy (non-hydrogen) atoms. The Kier molecular flexibility index (Phi) is 5.90. The second-order valence-corrected chi connectivity index (χ2v) is 9.14. The van der Waals surface area contributed by atoms with Crippen LogP contribution in [-0.4, -0.2) is 39.4 Å². The van der Waals surface area contributed by atoms with E-state index < -0.39 is 15.7 Å². The standard InChI is InChI=1S/C20H20N2O5S2/c1-5-12-22-17-15(26-2)10-11-16(27-3)18(17)28-20(22)21-19(23)13-6-8-14(9-7-13)29(4,24)25/h5-11H,1,12H2,2-4H3. The van der Waals surface area contributed by atoms with E-state index in [0.29, 0.717) is 28.4 Å². The van der Waals surface area contributed by atoms with Gasteiger partial charge in [0.2, 0.25) is 0 Å². The normalized spacial score (nSPS) is 12.2. The van der Waals surface area contributed by atoms with E-state index in [1.807, 2.05) is 4.57 Å². The van der Waals surface area contributed by atoms with Gasteiger partial charge >= 0.3 is 0 Å². The Morgan fingerprint density at radius 2 is 1.76 bits per heavy atom. The largest absolute Gasteiger partial charge is 0.495 e. The van der Waals surface area contributed by atoms with Crippen LogP contribution in [0.25, 0.3) is 10.2 Å². The summed E-state index contributed by atoms with van der Waals surface area (Å²) in [5, 5.41) is 0. The van der Waals surface area contributed by atoms with E-state index in [1.165, 1.54) is 35.6 Å². The molecule has 152 valence electrons. The number of hydrogen-bond acceptors (Lipinski definition) is 6. The minimum absolute atomic E-state index is 0.145. The maximum atomic E-state index is 12.7. The van der Waals surface area contributed by atoms with Crippen LogP contribution in [0.5, 0.6) is 11.5 Å². The number of carbonyl (C=O) groups is 1. The molecule has 1 aromatic heterocycles. The van der Waals surface area contributed by atoms with E-state index >= 15 is 0 Å². The number of rotatable bonds is 6. The molecule has 3 aromatic rings. The van der Waals surface area contributed by atoms with Gasteiger partial charge in [-0.1, -0.05) is 17.4 Å². The Labute approximate surface area is 172 Å². The van der Waals surface area contributed by atoms with Crippen LogP contribution in [0.4, 0.5) is 0 Å². The lowest BCUT2D eigenvalue weighted by atomic mass is 10.2. The lowest BCUT2D eigenvalue weighted by Crippen LogP contribution is -2.16. The fraction of sp³-hybridized carbons (Fsp3) is 0.200. The van der Waals surface area contributed by atoms with Gasteiger partial charge in [-0.3, -0.25) is 4.79 Å². The number of sulfone groups is 1. The second-order valence-electron chi connectivity index (χ2n) is 6.15. The fourth-order valence-electron chi connectivity index (χ4n) is 2.83. The molecule has 0 saturated carbocycles. The Morgan fingerprint density at radius 3 is 2.31 bits per heavy atom. The molecular weight excluding hydrogens is 412 g/mol. The van der Waals surface area contributed by atoms with E-state index in [-0.39, 0.29) is 4.90 Å². The number of aromatic nitrogens is 1. The summed E-state index contributed by atoms with van der Waals surface area (Å²) in [6, 6.07) is 9.29. The highest BCUT2D eigenvalue weighted by atomic mass is 32.2. The van der Waals surface area contributed by atoms with Gasteiger partial charge in [-0.15, -0.1) is 6.58 Å². The summed E-state index contributed by atoms with van der Waals surface area (Å²) >= 11 is 1.30. The first-order chi connectivity index (χ1) is 13.8. The third kappa shape index (κ3) is 4.10. The molecular formula is C20H20N2O5S2. The first-order valence-electron chi connectivity index (χ1n) is 8.54. The van der Waals surface area contributed by atoms with Crippen LogP contribution < -0.4 is 14.3 Å². The Morgan fingerprint density at radius 1 is 1.14 bits per heavy atom.